The average molecular weight is 441 g/mol. The minimum atomic E-state index is -0.761. The van der Waals surface area contributed by atoms with E-state index >= 15 is 0 Å². The SMILES string of the molecule is O=C1Nc2ccc(-c3ccccc3F)cc2C(=O)N2CCN(C(=O)C3CSCN3)CC12. The van der Waals surface area contributed by atoms with E-state index in [1.807, 2.05) is 0 Å². The highest BCUT2D eigenvalue weighted by Gasteiger charge is 2.41. The van der Waals surface area contributed by atoms with Crippen LogP contribution in [0.1, 0.15) is 10.4 Å². The first-order valence-electron chi connectivity index (χ1n) is 10.1. The molecule has 0 aromatic heterocycles. The summed E-state index contributed by atoms with van der Waals surface area (Å²) in [6.45, 7) is 0.804. The van der Waals surface area contributed by atoms with Crippen LogP contribution in [-0.4, -0.2) is 70.9 Å². The molecule has 0 saturated carbocycles. The van der Waals surface area contributed by atoms with Crippen LogP contribution in [0.2, 0.25) is 0 Å². The Bertz CT molecular complexity index is 1070. The number of carbonyl (C=O) groups is 3. The van der Waals surface area contributed by atoms with E-state index in [4.69, 9.17) is 0 Å². The maximum Gasteiger partial charge on any atom is 0.256 e. The lowest BCUT2D eigenvalue weighted by atomic mass is 10.0. The third-order valence-electron chi connectivity index (χ3n) is 5.96. The van der Waals surface area contributed by atoms with Crippen molar-refractivity contribution in [1.82, 2.24) is 15.1 Å². The lowest BCUT2D eigenvalue weighted by Gasteiger charge is -2.40. The highest BCUT2D eigenvalue weighted by atomic mass is 32.2. The number of hydrogen-bond acceptors (Lipinski definition) is 5. The number of piperazine rings is 1. The van der Waals surface area contributed by atoms with Gasteiger partial charge in [0.1, 0.15) is 11.9 Å². The van der Waals surface area contributed by atoms with Crippen molar-refractivity contribution in [2.75, 3.05) is 36.6 Å². The van der Waals surface area contributed by atoms with Gasteiger partial charge in [-0.15, -0.1) is 11.8 Å². The zero-order valence-corrected chi connectivity index (χ0v) is 17.5. The van der Waals surface area contributed by atoms with E-state index in [0.29, 0.717) is 34.7 Å². The Morgan fingerprint density at radius 2 is 1.94 bits per heavy atom. The highest BCUT2D eigenvalue weighted by molar-refractivity contribution is 7.99. The van der Waals surface area contributed by atoms with Gasteiger partial charge in [0.25, 0.3) is 5.91 Å². The van der Waals surface area contributed by atoms with Gasteiger partial charge in [-0.3, -0.25) is 19.7 Å². The maximum atomic E-state index is 14.3. The fraction of sp³-hybridized carbons (Fsp3) is 0.318. The minimum absolute atomic E-state index is 0.0338. The summed E-state index contributed by atoms with van der Waals surface area (Å²) in [4.78, 5) is 42.2. The standard InChI is InChI=1S/C22H21FN4O3S/c23-16-4-2-1-3-14(16)13-5-6-17-15(9-13)21(29)27-8-7-26(10-19(27)20(28)25-17)22(30)18-11-31-12-24-18/h1-6,9,18-19,24H,7-8,10-12H2,(H,25,28). The molecular formula is C22H21FN4O3S. The molecule has 2 saturated heterocycles. The van der Waals surface area contributed by atoms with Gasteiger partial charge in [-0.1, -0.05) is 24.3 Å². The van der Waals surface area contributed by atoms with E-state index in [1.165, 1.54) is 11.0 Å². The number of hydrogen-bond donors (Lipinski definition) is 2. The van der Waals surface area contributed by atoms with Crippen LogP contribution in [0.25, 0.3) is 11.1 Å². The van der Waals surface area contributed by atoms with Crippen LogP contribution in [0, 0.1) is 5.82 Å². The second kappa shape index (κ2) is 7.97. The molecule has 3 aliphatic heterocycles. The largest absolute Gasteiger partial charge is 0.337 e. The zero-order valence-electron chi connectivity index (χ0n) is 16.6. The van der Waals surface area contributed by atoms with E-state index in [-0.39, 0.29) is 42.7 Å². The van der Waals surface area contributed by atoms with Gasteiger partial charge in [0.2, 0.25) is 11.8 Å². The number of rotatable bonds is 2. The van der Waals surface area contributed by atoms with Crippen LogP contribution in [0.4, 0.5) is 10.1 Å². The molecule has 0 spiro atoms. The molecule has 2 aromatic rings. The van der Waals surface area contributed by atoms with Gasteiger partial charge in [0.05, 0.1) is 23.8 Å². The predicted octanol–water partition coefficient (Wildman–Crippen LogP) is 1.76. The fourth-order valence-corrected chi connectivity index (χ4v) is 5.22. The smallest absolute Gasteiger partial charge is 0.256 e. The van der Waals surface area contributed by atoms with Gasteiger partial charge in [0, 0.05) is 30.3 Å². The molecule has 0 radical (unpaired) electrons. The second-order valence-electron chi connectivity index (χ2n) is 7.80. The van der Waals surface area contributed by atoms with Crippen molar-refractivity contribution in [2.24, 2.45) is 0 Å². The molecule has 3 aliphatic rings. The quantitative estimate of drug-likeness (QED) is 0.744. The maximum absolute atomic E-state index is 14.3. The van der Waals surface area contributed by atoms with E-state index in [1.54, 1.807) is 53.1 Å². The summed E-state index contributed by atoms with van der Waals surface area (Å²) in [6.07, 6.45) is 0. The van der Waals surface area contributed by atoms with Gasteiger partial charge in [-0.05, 0) is 23.8 Å². The molecule has 31 heavy (non-hydrogen) atoms. The molecule has 2 atom stereocenters. The van der Waals surface area contributed by atoms with E-state index in [2.05, 4.69) is 10.6 Å². The highest BCUT2D eigenvalue weighted by Crippen LogP contribution is 2.31. The van der Waals surface area contributed by atoms with Gasteiger partial charge < -0.3 is 15.1 Å². The fourth-order valence-electron chi connectivity index (χ4n) is 4.29. The van der Waals surface area contributed by atoms with Gasteiger partial charge >= 0.3 is 0 Å². The molecule has 160 valence electrons. The van der Waals surface area contributed by atoms with Crippen molar-refractivity contribution in [3.63, 3.8) is 0 Å². The van der Waals surface area contributed by atoms with Crippen LogP contribution in [0.5, 0.6) is 0 Å². The number of thioether (sulfide) groups is 1. The Morgan fingerprint density at radius 3 is 2.71 bits per heavy atom. The van der Waals surface area contributed by atoms with Crippen molar-refractivity contribution in [2.45, 2.75) is 12.1 Å². The Kier molecular flexibility index (Phi) is 5.15. The number of amides is 3. The van der Waals surface area contributed by atoms with Gasteiger partial charge in [-0.2, -0.15) is 0 Å². The summed E-state index contributed by atoms with van der Waals surface area (Å²) in [7, 11) is 0. The van der Waals surface area contributed by atoms with Crippen molar-refractivity contribution < 1.29 is 18.8 Å². The molecule has 0 bridgehead atoms. The number of benzene rings is 2. The molecule has 3 heterocycles. The molecule has 5 rings (SSSR count). The summed E-state index contributed by atoms with van der Waals surface area (Å²) < 4.78 is 14.3. The third kappa shape index (κ3) is 3.57. The van der Waals surface area contributed by atoms with Crippen molar-refractivity contribution in [3.05, 3.63) is 53.8 Å². The Hall–Kier alpha value is -2.91. The lowest BCUT2D eigenvalue weighted by molar-refractivity contribution is -0.137. The summed E-state index contributed by atoms with van der Waals surface area (Å²) in [5.41, 5.74) is 1.68. The Labute approximate surface area is 183 Å². The van der Waals surface area contributed by atoms with Crippen LogP contribution < -0.4 is 10.6 Å². The number of nitrogens with zero attached hydrogens (tertiary/aromatic N) is 2. The predicted molar refractivity (Wildman–Crippen MR) is 116 cm³/mol. The number of fused-ring (bicyclic) bond motifs is 2. The Morgan fingerprint density at radius 1 is 1.10 bits per heavy atom. The third-order valence-corrected chi connectivity index (χ3v) is 6.90. The van der Waals surface area contributed by atoms with Crippen LogP contribution in [-0.2, 0) is 9.59 Å². The molecular weight excluding hydrogens is 419 g/mol. The average Bonchev–Trinajstić information content (AvgIpc) is 3.30. The number of carbonyl (C=O) groups excluding carboxylic acids is 3. The molecule has 3 amide bonds. The topological polar surface area (TPSA) is 81.8 Å². The van der Waals surface area contributed by atoms with E-state index in [9.17, 15) is 18.8 Å². The first-order chi connectivity index (χ1) is 15.0. The van der Waals surface area contributed by atoms with E-state index < -0.39 is 6.04 Å². The first kappa shape index (κ1) is 20.0. The Balaban J connectivity index is 1.43. The van der Waals surface area contributed by atoms with Crippen molar-refractivity contribution in [3.8, 4) is 11.1 Å². The van der Waals surface area contributed by atoms with Crippen molar-refractivity contribution >= 4 is 35.2 Å². The normalized spacial score (nSPS) is 23.1. The molecule has 2 unspecified atom stereocenters. The molecule has 0 aliphatic carbocycles. The first-order valence-corrected chi connectivity index (χ1v) is 11.3. The molecule has 9 heteroatoms. The monoisotopic (exact) mass is 440 g/mol. The van der Waals surface area contributed by atoms with Crippen LogP contribution >= 0.6 is 11.8 Å². The van der Waals surface area contributed by atoms with Gasteiger partial charge in [0.15, 0.2) is 0 Å². The molecule has 7 nitrogen and oxygen atoms in total. The van der Waals surface area contributed by atoms with Crippen LogP contribution in [0.15, 0.2) is 42.5 Å². The van der Waals surface area contributed by atoms with Gasteiger partial charge in [-0.25, -0.2) is 4.39 Å². The summed E-state index contributed by atoms with van der Waals surface area (Å²) in [5, 5.41) is 5.98. The second-order valence-corrected chi connectivity index (χ2v) is 8.83. The molecule has 2 N–H and O–H groups in total. The minimum Gasteiger partial charge on any atom is -0.337 e. The number of halogens is 1. The molecule has 2 aromatic carbocycles. The van der Waals surface area contributed by atoms with Crippen LogP contribution in [0.3, 0.4) is 0 Å². The van der Waals surface area contributed by atoms with Crippen molar-refractivity contribution in [1.29, 1.82) is 0 Å². The number of anilines is 1. The summed E-state index contributed by atoms with van der Waals surface area (Å²) in [6, 6.07) is 10.3. The van der Waals surface area contributed by atoms with E-state index in [0.717, 1.165) is 5.88 Å². The lowest BCUT2D eigenvalue weighted by Crippen LogP contribution is -2.61. The number of nitrogens with one attached hydrogen (secondary N) is 2. The molecule has 2 fully saturated rings. The summed E-state index contributed by atoms with van der Waals surface area (Å²) >= 11 is 1.66. The zero-order chi connectivity index (χ0) is 21.5. The summed E-state index contributed by atoms with van der Waals surface area (Å²) in [5.74, 6) is 0.414.